The molecule has 3 aromatic carbocycles. The second kappa shape index (κ2) is 11.9. The number of nitrogens with one attached hydrogen (secondary N) is 1. The molecule has 2 aliphatic rings. The van der Waals surface area contributed by atoms with Gasteiger partial charge in [-0.1, -0.05) is 35.6 Å². The molecule has 0 radical (unpaired) electrons. The zero-order chi connectivity index (χ0) is 29.3. The van der Waals surface area contributed by atoms with Gasteiger partial charge in [0.15, 0.2) is 5.13 Å². The number of piperazine rings is 1. The number of carbonyl (C=O) groups is 1. The molecule has 3 heterocycles. The Morgan fingerprint density at radius 2 is 1.76 bits per heavy atom. The molecule has 4 aromatic rings. The van der Waals surface area contributed by atoms with E-state index in [2.05, 4.69) is 28.1 Å². The molecule has 11 heteroatoms. The van der Waals surface area contributed by atoms with Crippen LogP contribution in [-0.2, 0) is 16.4 Å². The van der Waals surface area contributed by atoms with Gasteiger partial charge in [0.05, 0.1) is 22.4 Å². The first-order valence-electron chi connectivity index (χ1n) is 14.3. The Morgan fingerprint density at radius 3 is 2.52 bits per heavy atom. The average Bonchev–Trinajstić information content (AvgIpc) is 3.48. The van der Waals surface area contributed by atoms with Gasteiger partial charge < -0.3 is 15.0 Å². The number of amides is 1. The Labute approximate surface area is 250 Å². The van der Waals surface area contributed by atoms with Crippen molar-refractivity contribution in [1.82, 2.24) is 15.2 Å². The van der Waals surface area contributed by atoms with Gasteiger partial charge in [0.1, 0.15) is 11.3 Å². The molecule has 0 atom stereocenters. The van der Waals surface area contributed by atoms with Crippen molar-refractivity contribution in [2.75, 3.05) is 62.1 Å². The number of para-hydroxylation sites is 1. The lowest BCUT2D eigenvalue weighted by Crippen LogP contribution is -2.48. The fourth-order valence-corrected chi connectivity index (χ4v) is 8.29. The van der Waals surface area contributed by atoms with Crippen molar-refractivity contribution < 1.29 is 17.9 Å². The molecule has 9 nitrogen and oxygen atoms in total. The normalized spacial score (nSPS) is 16.0. The zero-order valence-corrected chi connectivity index (χ0v) is 25.5. The van der Waals surface area contributed by atoms with Gasteiger partial charge in [0, 0.05) is 51.4 Å². The number of methoxy groups -OCH3 is 1. The summed E-state index contributed by atoms with van der Waals surface area (Å²) in [4.78, 5) is 22.5. The summed E-state index contributed by atoms with van der Waals surface area (Å²) in [6.07, 6.45) is 1.65. The smallest absolute Gasteiger partial charge is 0.264 e. The Hall–Kier alpha value is -3.67. The average molecular weight is 606 g/mol. The number of sulfonamides is 1. The fourth-order valence-electron chi connectivity index (χ4n) is 5.65. The van der Waals surface area contributed by atoms with E-state index in [9.17, 15) is 13.2 Å². The van der Waals surface area contributed by atoms with Crippen LogP contribution in [0.1, 0.15) is 27.9 Å². The van der Waals surface area contributed by atoms with E-state index in [-0.39, 0.29) is 10.8 Å². The van der Waals surface area contributed by atoms with Crippen LogP contribution < -0.4 is 19.3 Å². The van der Waals surface area contributed by atoms with Crippen LogP contribution in [0.25, 0.3) is 10.2 Å². The van der Waals surface area contributed by atoms with Gasteiger partial charge in [0.25, 0.3) is 15.9 Å². The molecule has 6 rings (SSSR count). The SMILES string of the molecule is COc1ccc(C)c2sc(N3CCN(CCNC(=O)c4ccc(S(=O)(=O)N5CCCc6ccccc65)cc4)CC3)nc12. The number of nitrogens with zero attached hydrogens (tertiary/aromatic N) is 4. The van der Waals surface area contributed by atoms with Crippen LogP contribution in [0.5, 0.6) is 5.75 Å². The number of aromatic nitrogens is 1. The summed E-state index contributed by atoms with van der Waals surface area (Å²) in [5.41, 5.74) is 4.34. The minimum absolute atomic E-state index is 0.190. The largest absolute Gasteiger partial charge is 0.494 e. The van der Waals surface area contributed by atoms with Crippen LogP contribution in [0.3, 0.4) is 0 Å². The van der Waals surface area contributed by atoms with Crippen LogP contribution >= 0.6 is 11.3 Å². The first-order valence-corrected chi connectivity index (χ1v) is 16.5. The molecular weight excluding hydrogens is 571 g/mol. The summed E-state index contributed by atoms with van der Waals surface area (Å²) in [7, 11) is -2.03. The topological polar surface area (TPSA) is 95.1 Å². The van der Waals surface area contributed by atoms with Gasteiger partial charge in [-0.2, -0.15) is 0 Å². The molecule has 220 valence electrons. The number of thiazole rings is 1. The highest BCUT2D eigenvalue weighted by Gasteiger charge is 2.29. The van der Waals surface area contributed by atoms with Crippen molar-refractivity contribution in [3.05, 3.63) is 77.4 Å². The molecule has 0 spiro atoms. The molecule has 1 saturated heterocycles. The van der Waals surface area contributed by atoms with Gasteiger partial charge in [-0.15, -0.1) is 0 Å². The molecule has 1 amide bonds. The molecule has 2 aliphatic heterocycles. The van der Waals surface area contributed by atoms with Crippen molar-refractivity contribution in [3.8, 4) is 5.75 Å². The van der Waals surface area contributed by atoms with Crippen molar-refractivity contribution in [3.63, 3.8) is 0 Å². The first-order chi connectivity index (χ1) is 20.3. The van der Waals surface area contributed by atoms with Crippen molar-refractivity contribution in [1.29, 1.82) is 0 Å². The highest BCUT2D eigenvalue weighted by molar-refractivity contribution is 7.92. The van der Waals surface area contributed by atoms with Gasteiger partial charge in [0.2, 0.25) is 0 Å². The molecular formula is C31H35N5O4S2. The van der Waals surface area contributed by atoms with E-state index in [1.165, 1.54) is 22.0 Å². The van der Waals surface area contributed by atoms with Crippen molar-refractivity contribution >= 4 is 48.3 Å². The minimum Gasteiger partial charge on any atom is -0.494 e. The van der Waals surface area contributed by atoms with E-state index in [1.54, 1.807) is 30.6 Å². The van der Waals surface area contributed by atoms with Crippen LogP contribution in [0.4, 0.5) is 10.8 Å². The standard InChI is InChI=1S/C31H35N5O4S2/c1-22-9-14-27(40-2)28-29(22)41-31(33-28)35-20-18-34(19-21-35)17-15-32-30(37)24-10-12-25(13-11-24)42(38,39)36-16-5-7-23-6-3-4-8-26(23)36/h3-4,6,8-14H,5,7,15-21H2,1-2H3,(H,32,37). The van der Waals surface area contributed by atoms with Gasteiger partial charge >= 0.3 is 0 Å². The van der Waals surface area contributed by atoms with E-state index < -0.39 is 10.0 Å². The van der Waals surface area contributed by atoms with E-state index >= 15 is 0 Å². The van der Waals surface area contributed by atoms with Crippen LogP contribution in [0.2, 0.25) is 0 Å². The number of rotatable bonds is 8. The number of anilines is 2. The summed E-state index contributed by atoms with van der Waals surface area (Å²) >= 11 is 1.71. The maximum atomic E-state index is 13.4. The van der Waals surface area contributed by atoms with E-state index in [0.717, 1.165) is 77.9 Å². The first kappa shape index (κ1) is 28.4. The van der Waals surface area contributed by atoms with E-state index in [0.29, 0.717) is 18.7 Å². The van der Waals surface area contributed by atoms with Crippen LogP contribution in [-0.4, -0.2) is 77.1 Å². The molecule has 0 aliphatic carbocycles. The fraction of sp³-hybridized carbons (Fsp3) is 0.355. The van der Waals surface area contributed by atoms with E-state index in [4.69, 9.17) is 9.72 Å². The molecule has 42 heavy (non-hydrogen) atoms. The van der Waals surface area contributed by atoms with Gasteiger partial charge in [-0.05, 0) is 67.3 Å². The Balaban J connectivity index is 1.01. The quantitative estimate of drug-likeness (QED) is 0.320. The molecule has 1 fully saturated rings. The Morgan fingerprint density at radius 1 is 1.00 bits per heavy atom. The lowest BCUT2D eigenvalue weighted by Gasteiger charge is -2.34. The summed E-state index contributed by atoms with van der Waals surface area (Å²) < 4.78 is 34.9. The molecule has 1 N–H and O–H groups in total. The van der Waals surface area contributed by atoms with Crippen molar-refractivity contribution in [2.45, 2.75) is 24.7 Å². The number of hydrogen-bond donors (Lipinski definition) is 1. The monoisotopic (exact) mass is 605 g/mol. The number of hydrogen-bond acceptors (Lipinski definition) is 8. The van der Waals surface area contributed by atoms with Gasteiger partial charge in [-0.3, -0.25) is 14.0 Å². The minimum atomic E-state index is -3.71. The second-order valence-electron chi connectivity index (χ2n) is 10.7. The maximum absolute atomic E-state index is 13.4. The highest BCUT2D eigenvalue weighted by atomic mass is 32.2. The Bertz CT molecular complexity index is 1700. The third kappa shape index (κ3) is 5.56. The van der Waals surface area contributed by atoms with E-state index in [1.807, 2.05) is 30.3 Å². The lowest BCUT2D eigenvalue weighted by atomic mass is 10.0. The number of benzene rings is 3. The predicted octanol–water partition coefficient (Wildman–Crippen LogP) is 4.31. The van der Waals surface area contributed by atoms with Crippen molar-refractivity contribution in [2.24, 2.45) is 0 Å². The molecule has 0 saturated carbocycles. The molecule has 0 unspecified atom stereocenters. The van der Waals surface area contributed by atoms with Gasteiger partial charge in [-0.25, -0.2) is 13.4 Å². The molecule has 1 aromatic heterocycles. The molecule has 0 bridgehead atoms. The highest BCUT2D eigenvalue weighted by Crippen LogP contribution is 2.36. The lowest BCUT2D eigenvalue weighted by molar-refractivity contribution is 0.0947. The second-order valence-corrected chi connectivity index (χ2v) is 13.5. The number of aryl methyl sites for hydroxylation is 2. The summed E-state index contributed by atoms with van der Waals surface area (Å²) in [6, 6.07) is 17.9. The van der Waals surface area contributed by atoms with Crippen LogP contribution in [0, 0.1) is 6.92 Å². The van der Waals surface area contributed by atoms with Crippen LogP contribution in [0.15, 0.2) is 65.6 Å². The summed E-state index contributed by atoms with van der Waals surface area (Å²) in [5.74, 6) is 0.594. The Kier molecular flexibility index (Phi) is 8.06. The number of ether oxygens (including phenoxy) is 1. The third-order valence-electron chi connectivity index (χ3n) is 8.04. The summed E-state index contributed by atoms with van der Waals surface area (Å²) in [6.45, 7) is 7.31. The third-order valence-corrected chi connectivity index (χ3v) is 11.1. The maximum Gasteiger partial charge on any atom is 0.264 e. The zero-order valence-electron chi connectivity index (χ0n) is 23.9. The number of carbonyl (C=O) groups excluding carboxylic acids is 1. The number of fused-ring (bicyclic) bond motifs is 2. The summed E-state index contributed by atoms with van der Waals surface area (Å²) in [5, 5.41) is 4.00. The predicted molar refractivity (Wildman–Crippen MR) is 168 cm³/mol.